The molecule has 2 aliphatic heterocycles. The maximum Gasteiger partial charge on any atom is 0.272 e. The Bertz CT molecular complexity index is 1780. The zero-order chi connectivity index (χ0) is 35.7. The van der Waals surface area contributed by atoms with E-state index in [-0.39, 0.29) is 28.7 Å². The molecule has 2 fully saturated rings. The summed E-state index contributed by atoms with van der Waals surface area (Å²) in [6.45, 7) is 12.2. The first-order valence-electron chi connectivity index (χ1n) is 17.0. The Kier molecular flexibility index (Phi) is 11.0. The van der Waals surface area contributed by atoms with Crippen molar-refractivity contribution >= 4 is 44.1 Å². The molecular formula is C36H53N7O5S. The largest absolute Gasteiger partial charge is 0.492 e. The summed E-state index contributed by atoms with van der Waals surface area (Å²) in [5.41, 5.74) is 3.70. The lowest BCUT2D eigenvalue weighted by molar-refractivity contribution is -0.134. The molecule has 2 aliphatic rings. The number of ether oxygens (including phenoxy) is 1. The molecule has 1 aromatic heterocycles. The van der Waals surface area contributed by atoms with Crippen molar-refractivity contribution in [2.75, 3.05) is 83.3 Å². The Morgan fingerprint density at radius 1 is 0.959 bits per heavy atom. The normalized spacial score (nSPS) is 17.1. The van der Waals surface area contributed by atoms with Crippen LogP contribution in [0.3, 0.4) is 0 Å². The van der Waals surface area contributed by atoms with Crippen LogP contribution in [0.1, 0.15) is 55.2 Å². The molecule has 268 valence electrons. The molecule has 2 amide bonds. The highest BCUT2D eigenvalue weighted by molar-refractivity contribution is 7.92. The summed E-state index contributed by atoms with van der Waals surface area (Å²) in [4.78, 5) is 35.9. The summed E-state index contributed by atoms with van der Waals surface area (Å²) in [7, 11) is 3.99. The third-order valence-corrected chi connectivity index (χ3v) is 10.4. The van der Waals surface area contributed by atoms with Crippen LogP contribution in [0.25, 0.3) is 10.9 Å². The molecule has 0 atom stereocenters. The van der Waals surface area contributed by atoms with Crippen molar-refractivity contribution in [3.8, 4) is 5.75 Å². The van der Waals surface area contributed by atoms with Gasteiger partial charge in [-0.15, -0.1) is 0 Å². The van der Waals surface area contributed by atoms with Gasteiger partial charge in [-0.1, -0.05) is 39.0 Å². The number of anilines is 2. The van der Waals surface area contributed by atoms with Crippen molar-refractivity contribution < 1.29 is 22.7 Å². The van der Waals surface area contributed by atoms with Crippen LogP contribution in [-0.4, -0.2) is 124 Å². The number of sulfonamides is 1. The lowest BCUT2D eigenvalue weighted by Crippen LogP contribution is -2.52. The van der Waals surface area contributed by atoms with Gasteiger partial charge in [-0.3, -0.25) is 24.1 Å². The van der Waals surface area contributed by atoms with E-state index in [1.807, 2.05) is 61.6 Å². The molecule has 3 aromatic rings. The molecule has 0 bridgehead atoms. The van der Waals surface area contributed by atoms with E-state index in [0.29, 0.717) is 43.6 Å². The standard InChI is InChI=1S/C36H53N7O5S/c1-36(2,3)27-21-29(34(48-7)30(22-27)38-49(8,46)47)37-35(45)31-20-25-10-9-11-26(33(25)40(31)6)23-42-16-18-43(19-17-42)32(44)24-41-14-12-28(13-15-41)39(4)5/h9-11,20-22,28,38H,12-19,23-24H2,1-8H3,(H,37,45). The van der Waals surface area contributed by atoms with Gasteiger partial charge < -0.3 is 24.4 Å². The van der Waals surface area contributed by atoms with Crippen LogP contribution in [0, 0.1) is 0 Å². The van der Waals surface area contributed by atoms with Crippen LogP contribution in [0.4, 0.5) is 11.4 Å². The Labute approximate surface area is 291 Å². The molecule has 3 heterocycles. The fraction of sp³-hybridized carbons (Fsp3) is 0.556. The first-order valence-corrected chi connectivity index (χ1v) is 18.9. The minimum Gasteiger partial charge on any atom is -0.492 e. The number of methoxy groups -OCH3 is 1. The smallest absolute Gasteiger partial charge is 0.272 e. The molecule has 0 aliphatic carbocycles. The molecular weight excluding hydrogens is 643 g/mol. The van der Waals surface area contributed by atoms with Crippen molar-refractivity contribution in [2.24, 2.45) is 7.05 Å². The minimum absolute atomic E-state index is 0.215. The number of likely N-dealkylation sites (tertiary alicyclic amines) is 1. The summed E-state index contributed by atoms with van der Waals surface area (Å²) in [5, 5.41) is 3.95. The van der Waals surface area contributed by atoms with Gasteiger partial charge in [0.1, 0.15) is 5.69 Å². The summed E-state index contributed by atoms with van der Waals surface area (Å²) in [5.74, 6) is 0.113. The third-order valence-electron chi connectivity index (χ3n) is 9.84. The molecule has 2 aromatic carbocycles. The summed E-state index contributed by atoms with van der Waals surface area (Å²) in [6, 6.07) is 12.2. The number of para-hydroxylation sites is 1. The second-order valence-electron chi connectivity index (χ2n) is 14.8. The van der Waals surface area contributed by atoms with E-state index in [2.05, 4.69) is 44.9 Å². The van der Waals surface area contributed by atoms with Crippen molar-refractivity contribution in [2.45, 2.75) is 51.6 Å². The quantitative estimate of drug-likeness (QED) is 0.329. The molecule has 12 nitrogen and oxygen atoms in total. The van der Waals surface area contributed by atoms with Gasteiger partial charge in [0.25, 0.3) is 5.91 Å². The highest BCUT2D eigenvalue weighted by atomic mass is 32.2. The van der Waals surface area contributed by atoms with Crippen molar-refractivity contribution in [3.05, 3.63) is 53.2 Å². The molecule has 49 heavy (non-hydrogen) atoms. The molecule has 0 spiro atoms. The average molecular weight is 696 g/mol. The predicted octanol–water partition coefficient (Wildman–Crippen LogP) is 3.78. The van der Waals surface area contributed by atoms with Gasteiger partial charge in [-0.05, 0) is 61.7 Å². The van der Waals surface area contributed by atoms with E-state index in [9.17, 15) is 18.0 Å². The maximum absolute atomic E-state index is 13.8. The fourth-order valence-corrected chi connectivity index (χ4v) is 7.52. The van der Waals surface area contributed by atoms with E-state index in [0.717, 1.165) is 67.3 Å². The second kappa shape index (κ2) is 14.7. The van der Waals surface area contributed by atoms with Crippen LogP contribution >= 0.6 is 0 Å². The van der Waals surface area contributed by atoms with Crippen LogP contribution in [0.15, 0.2) is 36.4 Å². The second-order valence-corrected chi connectivity index (χ2v) is 16.5. The summed E-state index contributed by atoms with van der Waals surface area (Å²) < 4.78 is 34.4. The Morgan fingerprint density at radius 2 is 1.61 bits per heavy atom. The maximum atomic E-state index is 13.8. The Morgan fingerprint density at radius 3 is 2.20 bits per heavy atom. The SMILES string of the molecule is COc1c(NC(=O)c2cc3cccc(CN4CCN(C(=O)CN5CCC(N(C)C)CC5)CC4)c3n2C)cc(C(C)(C)C)cc1NS(C)(=O)=O. The number of carbonyl (C=O) groups is 2. The third kappa shape index (κ3) is 8.75. The average Bonchev–Trinajstić information content (AvgIpc) is 3.37. The number of amides is 2. The molecule has 13 heteroatoms. The van der Waals surface area contributed by atoms with Crippen LogP contribution in [0.5, 0.6) is 5.75 Å². The van der Waals surface area contributed by atoms with E-state index < -0.39 is 10.0 Å². The number of rotatable bonds is 10. The van der Waals surface area contributed by atoms with E-state index in [1.165, 1.54) is 7.11 Å². The highest BCUT2D eigenvalue weighted by Crippen LogP contribution is 2.39. The summed E-state index contributed by atoms with van der Waals surface area (Å²) in [6.07, 6.45) is 3.28. The number of aromatic nitrogens is 1. The number of hydrogen-bond donors (Lipinski definition) is 2. The number of benzene rings is 2. The minimum atomic E-state index is -3.60. The van der Waals surface area contributed by atoms with E-state index >= 15 is 0 Å². The van der Waals surface area contributed by atoms with Crippen molar-refractivity contribution in [1.29, 1.82) is 0 Å². The Hall–Kier alpha value is -3.65. The van der Waals surface area contributed by atoms with E-state index in [1.54, 1.807) is 6.07 Å². The number of nitrogens with zero attached hydrogens (tertiary/aromatic N) is 5. The molecule has 0 saturated carbocycles. The van der Waals surface area contributed by atoms with Gasteiger partial charge in [0.2, 0.25) is 15.9 Å². The number of piperazine rings is 1. The molecule has 2 saturated heterocycles. The summed E-state index contributed by atoms with van der Waals surface area (Å²) >= 11 is 0. The highest BCUT2D eigenvalue weighted by Gasteiger charge is 2.27. The first kappa shape index (κ1) is 36.6. The lowest BCUT2D eigenvalue weighted by Gasteiger charge is -2.38. The number of aryl methyl sites for hydroxylation is 1. The molecule has 0 radical (unpaired) electrons. The van der Waals surface area contributed by atoms with E-state index in [4.69, 9.17) is 4.74 Å². The molecule has 0 unspecified atom stereocenters. The van der Waals surface area contributed by atoms with Gasteiger partial charge in [0.15, 0.2) is 5.75 Å². The van der Waals surface area contributed by atoms with Crippen LogP contribution < -0.4 is 14.8 Å². The van der Waals surface area contributed by atoms with Gasteiger partial charge in [-0.2, -0.15) is 0 Å². The molecule has 5 rings (SSSR count). The number of fused-ring (bicyclic) bond motifs is 1. The van der Waals surface area contributed by atoms with Gasteiger partial charge >= 0.3 is 0 Å². The number of piperidine rings is 1. The van der Waals surface area contributed by atoms with Crippen molar-refractivity contribution in [1.82, 2.24) is 24.2 Å². The van der Waals surface area contributed by atoms with Crippen LogP contribution in [0.2, 0.25) is 0 Å². The topological polar surface area (TPSA) is 119 Å². The number of carbonyl (C=O) groups excluding carboxylic acids is 2. The van der Waals surface area contributed by atoms with Gasteiger partial charge in [0.05, 0.1) is 36.8 Å². The molecule has 2 N–H and O–H groups in total. The van der Waals surface area contributed by atoms with Gasteiger partial charge in [-0.25, -0.2) is 8.42 Å². The Balaban J connectivity index is 1.28. The number of nitrogens with one attached hydrogen (secondary N) is 2. The number of hydrogen-bond acceptors (Lipinski definition) is 8. The zero-order valence-corrected chi connectivity index (χ0v) is 31.1. The van der Waals surface area contributed by atoms with Crippen LogP contribution in [-0.2, 0) is 33.8 Å². The fourth-order valence-electron chi connectivity index (χ4n) is 6.96. The predicted molar refractivity (Wildman–Crippen MR) is 196 cm³/mol. The monoisotopic (exact) mass is 695 g/mol. The van der Waals surface area contributed by atoms with Crippen molar-refractivity contribution in [3.63, 3.8) is 0 Å². The van der Waals surface area contributed by atoms with Gasteiger partial charge in [0, 0.05) is 64.3 Å². The lowest BCUT2D eigenvalue weighted by atomic mass is 9.86. The first-order chi connectivity index (χ1) is 23.0. The zero-order valence-electron chi connectivity index (χ0n) is 30.3.